The molecule has 0 amide bonds. The molecule has 94 valence electrons. The Kier molecular flexibility index (Phi) is 2.94. The van der Waals surface area contributed by atoms with Crippen molar-refractivity contribution >= 4 is 11.8 Å². The molecule has 0 atom stereocenters. The van der Waals surface area contributed by atoms with E-state index in [0.717, 1.165) is 34.7 Å². The quantitative estimate of drug-likeness (QED) is 0.752. The van der Waals surface area contributed by atoms with Gasteiger partial charge in [0, 0.05) is 11.0 Å². The van der Waals surface area contributed by atoms with Gasteiger partial charge in [-0.05, 0) is 69.6 Å². The van der Waals surface area contributed by atoms with Crippen molar-refractivity contribution in [1.29, 1.82) is 5.26 Å². The molecule has 1 nitrogen and oxygen atoms in total. The zero-order valence-electron chi connectivity index (χ0n) is 11.0. The maximum absolute atomic E-state index is 9.11. The van der Waals surface area contributed by atoms with Gasteiger partial charge in [0.05, 0.1) is 11.5 Å². The van der Waals surface area contributed by atoms with Crippen LogP contribution in [0.2, 0.25) is 0 Å². The third-order valence-electron chi connectivity index (χ3n) is 5.08. The van der Waals surface area contributed by atoms with Crippen molar-refractivity contribution in [2.75, 3.05) is 5.75 Å². The average molecular weight is 249 g/mol. The highest BCUT2D eigenvalue weighted by molar-refractivity contribution is 8.00. The van der Waals surface area contributed by atoms with Gasteiger partial charge in [0.2, 0.25) is 0 Å². The summed E-state index contributed by atoms with van der Waals surface area (Å²) >= 11 is 2.12. The molecule has 0 spiro atoms. The Bertz CT molecular complexity index is 313. The van der Waals surface area contributed by atoms with Crippen LogP contribution in [0.4, 0.5) is 0 Å². The maximum atomic E-state index is 9.11. The van der Waals surface area contributed by atoms with Crippen molar-refractivity contribution in [2.24, 2.45) is 29.1 Å². The van der Waals surface area contributed by atoms with Gasteiger partial charge in [0.25, 0.3) is 0 Å². The van der Waals surface area contributed by atoms with Crippen LogP contribution in [0.3, 0.4) is 0 Å². The molecule has 0 aromatic rings. The summed E-state index contributed by atoms with van der Waals surface area (Å²) in [6.07, 6.45) is 7.53. The van der Waals surface area contributed by atoms with E-state index in [2.05, 4.69) is 31.7 Å². The molecule has 2 heteroatoms. The number of nitrogens with zero attached hydrogens (tertiary/aromatic N) is 1. The molecule has 0 aliphatic heterocycles. The van der Waals surface area contributed by atoms with Crippen LogP contribution in [0.5, 0.6) is 0 Å². The smallest absolute Gasteiger partial charge is 0.0692 e. The Balaban J connectivity index is 1.63. The van der Waals surface area contributed by atoms with Gasteiger partial charge in [-0.2, -0.15) is 17.0 Å². The summed E-state index contributed by atoms with van der Waals surface area (Å²) < 4.78 is 0. The van der Waals surface area contributed by atoms with Gasteiger partial charge in [0.1, 0.15) is 0 Å². The highest BCUT2D eigenvalue weighted by Gasteiger charge is 2.48. The number of hydrogen-bond acceptors (Lipinski definition) is 2. The lowest BCUT2D eigenvalue weighted by molar-refractivity contribution is 0.0266. The van der Waals surface area contributed by atoms with E-state index in [4.69, 9.17) is 5.26 Å². The van der Waals surface area contributed by atoms with Crippen LogP contribution in [0, 0.1) is 40.4 Å². The fourth-order valence-corrected chi connectivity index (χ4v) is 6.15. The lowest BCUT2D eigenvalue weighted by Crippen LogP contribution is -2.47. The first-order chi connectivity index (χ1) is 8.07. The van der Waals surface area contributed by atoms with Crippen LogP contribution in [-0.4, -0.2) is 11.0 Å². The first kappa shape index (κ1) is 11.9. The molecule has 4 saturated carbocycles. The maximum Gasteiger partial charge on any atom is 0.0692 e. The molecule has 4 aliphatic rings. The fraction of sp³-hybridized carbons (Fsp3) is 0.933. The first-order valence-corrected chi connectivity index (χ1v) is 8.15. The number of nitriles is 1. The van der Waals surface area contributed by atoms with Gasteiger partial charge in [0.15, 0.2) is 0 Å². The molecule has 4 fully saturated rings. The van der Waals surface area contributed by atoms with Crippen LogP contribution >= 0.6 is 11.8 Å². The highest BCUT2D eigenvalue weighted by Crippen LogP contribution is 2.57. The second-order valence-electron chi connectivity index (χ2n) is 7.20. The van der Waals surface area contributed by atoms with Crippen LogP contribution in [0.25, 0.3) is 0 Å². The van der Waals surface area contributed by atoms with Crippen molar-refractivity contribution in [3.63, 3.8) is 0 Å². The van der Waals surface area contributed by atoms with E-state index in [1.165, 1.54) is 32.1 Å². The van der Waals surface area contributed by atoms with E-state index in [1.54, 1.807) is 0 Å². The lowest BCUT2D eigenvalue weighted by atomic mass is 9.56. The van der Waals surface area contributed by atoms with E-state index >= 15 is 0 Å². The first-order valence-electron chi connectivity index (χ1n) is 7.10. The molecule has 17 heavy (non-hydrogen) atoms. The zero-order chi connectivity index (χ0) is 12.0. The van der Waals surface area contributed by atoms with Crippen LogP contribution in [0.1, 0.15) is 46.0 Å². The summed E-state index contributed by atoms with van der Waals surface area (Å²) in [5.41, 5.74) is -0.140. The molecular weight excluding hydrogens is 226 g/mol. The minimum absolute atomic E-state index is 0.140. The fourth-order valence-electron chi connectivity index (χ4n) is 4.48. The van der Waals surface area contributed by atoms with Crippen molar-refractivity contribution < 1.29 is 0 Å². The SMILES string of the molecule is CC(C)(C#N)CSC1C2CC3CC(C2)CC1C3. The molecule has 4 aliphatic carbocycles. The molecule has 0 unspecified atom stereocenters. The van der Waals surface area contributed by atoms with E-state index in [-0.39, 0.29) is 5.41 Å². The standard InChI is InChI=1S/C15H23NS/c1-15(2,8-16)9-17-14-12-4-10-3-11(6-12)7-13(14)5-10/h10-14H,3-7,9H2,1-2H3. The van der Waals surface area contributed by atoms with Crippen molar-refractivity contribution in [2.45, 2.75) is 51.2 Å². The van der Waals surface area contributed by atoms with Gasteiger partial charge < -0.3 is 0 Å². The van der Waals surface area contributed by atoms with Crippen LogP contribution < -0.4 is 0 Å². The monoisotopic (exact) mass is 249 g/mol. The van der Waals surface area contributed by atoms with E-state index in [0.29, 0.717) is 0 Å². The Hall–Kier alpha value is -0.160. The largest absolute Gasteiger partial charge is 0.198 e. The molecular formula is C15H23NS. The third-order valence-corrected chi connectivity index (χ3v) is 7.12. The van der Waals surface area contributed by atoms with Crippen molar-refractivity contribution in [3.05, 3.63) is 0 Å². The summed E-state index contributed by atoms with van der Waals surface area (Å²) in [5, 5.41) is 10.00. The van der Waals surface area contributed by atoms with Crippen LogP contribution in [0.15, 0.2) is 0 Å². The highest BCUT2D eigenvalue weighted by atomic mass is 32.2. The minimum Gasteiger partial charge on any atom is -0.198 e. The Morgan fingerprint density at radius 2 is 1.59 bits per heavy atom. The summed E-state index contributed by atoms with van der Waals surface area (Å²) in [7, 11) is 0. The predicted octanol–water partition coefficient (Wildman–Crippen LogP) is 4.09. The van der Waals surface area contributed by atoms with Crippen molar-refractivity contribution in [1.82, 2.24) is 0 Å². The Morgan fingerprint density at radius 3 is 2.06 bits per heavy atom. The van der Waals surface area contributed by atoms with E-state index in [1.807, 2.05) is 0 Å². The molecule has 0 radical (unpaired) electrons. The van der Waals surface area contributed by atoms with Gasteiger partial charge in [-0.15, -0.1) is 0 Å². The minimum atomic E-state index is -0.140. The normalized spacial score (nSPS) is 43.7. The summed E-state index contributed by atoms with van der Waals surface area (Å²) in [4.78, 5) is 0. The Morgan fingerprint density at radius 1 is 1.06 bits per heavy atom. The van der Waals surface area contributed by atoms with E-state index < -0.39 is 0 Å². The predicted molar refractivity (Wildman–Crippen MR) is 72.7 cm³/mol. The average Bonchev–Trinajstić information content (AvgIpc) is 2.27. The second kappa shape index (κ2) is 4.19. The molecule has 0 heterocycles. The van der Waals surface area contributed by atoms with Gasteiger partial charge >= 0.3 is 0 Å². The molecule has 4 bridgehead atoms. The summed E-state index contributed by atoms with van der Waals surface area (Å²) in [6, 6.07) is 2.44. The number of thioether (sulfide) groups is 1. The van der Waals surface area contributed by atoms with Crippen LogP contribution in [-0.2, 0) is 0 Å². The molecule has 4 rings (SSSR count). The van der Waals surface area contributed by atoms with Gasteiger partial charge in [-0.25, -0.2) is 0 Å². The molecule has 0 aromatic carbocycles. The summed E-state index contributed by atoms with van der Waals surface area (Å²) in [5.74, 6) is 5.14. The van der Waals surface area contributed by atoms with Crippen molar-refractivity contribution in [3.8, 4) is 6.07 Å². The summed E-state index contributed by atoms with van der Waals surface area (Å²) in [6.45, 7) is 4.16. The molecule has 0 aromatic heterocycles. The zero-order valence-corrected chi connectivity index (χ0v) is 11.8. The molecule has 0 N–H and O–H groups in total. The lowest BCUT2D eigenvalue weighted by Gasteiger charge is -2.54. The van der Waals surface area contributed by atoms with Gasteiger partial charge in [-0.1, -0.05) is 0 Å². The van der Waals surface area contributed by atoms with Gasteiger partial charge in [-0.3, -0.25) is 0 Å². The third kappa shape index (κ3) is 2.24. The topological polar surface area (TPSA) is 23.8 Å². The number of rotatable bonds is 3. The van der Waals surface area contributed by atoms with E-state index in [9.17, 15) is 0 Å². The molecule has 0 saturated heterocycles. The number of hydrogen-bond donors (Lipinski definition) is 0. The Labute approximate surface area is 109 Å². The second-order valence-corrected chi connectivity index (χ2v) is 8.37.